The monoisotopic (exact) mass is 329 g/mol. The highest BCUT2D eigenvalue weighted by Gasteiger charge is 2.22. The Hall–Kier alpha value is -2.53. The van der Waals surface area contributed by atoms with Gasteiger partial charge >= 0.3 is 0 Å². The summed E-state index contributed by atoms with van der Waals surface area (Å²) < 4.78 is 13.2. The van der Waals surface area contributed by atoms with Gasteiger partial charge in [-0.1, -0.05) is 12.1 Å². The van der Waals surface area contributed by atoms with Crippen molar-refractivity contribution < 1.29 is 18.9 Å². The van der Waals surface area contributed by atoms with Crippen LogP contribution < -0.4 is 10.2 Å². The van der Waals surface area contributed by atoms with Gasteiger partial charge in [-0.25, -0.2) is 4.39 Å². The van der Waals surface area contributed by atoms with E-state index in [9.17, 15) is 14.0 Å². The van der Waals surface area contributed by atoms with Crippen LogP contribution in [0.3, 0.4) is 0 Å². The number of quaternary nitrogens is 1. The summed E-state index contributed by atoms with van der Waals surface area (Å²) in [6.07, 6.45) is 0. The maximum atomic E-state index is 13.2. The Labute approximate surface area is 141 Å². The zero-order chi connectivity index (χ0) is 17.7. The van der Waals surface area contributed by atoms with Gasteiger partial charge in [-0.2, -0.15) is 0 Å². The number of benzene rings is 2. The molecular formula is C19H22FN2O2+. The minimum atomic E-state index is -0.305. The van der Waals surface area contributed by atoms with Crippen molar-refractivity contribution in [2.45, 2.75) is 26.4 Å². The molecule has 0 saturated carbocycles. The Balaban J connectivity index is 1.96. The number of rotatable bonds is 6. The Morgan fingerprint density at radius 1 is 1.17 bits per heavy atom. The lowest BCUT2D eigenvalue weighted by Gasteiger charge is -2.21. The third kappa shape index (κ3) is 4.73. The predicted molar refractivity (Wildman–Crippen MR) is 91.5 cm³/mol. The zero-order valence-corrected chi connectivity index (χ0v) is 14.1. The molecule has 4 nitrogen and oxygen atoms in total. The van der Waals surface area contributed by atoms with Gasteiger partial charge in [0.05, 0.1) is 7.05 Å². The molecule has 2 atom stereocenters. The molecule has 126 valence electrons. The van der Waals surface area contributed by atoms with Gasteiger partial charge in [0.25, 0.3) is 5.91 Å². The fourth-order valence-electron chi connectivity index (χ4n) is 2.38. The Morgan fingerprint density at radius 2 is 1.83 bits per heavy atom. The molecule has 0 bridgehead atoms. The molecule has 0 fully saturated rings. The van der Waals surface area contributed by atoms with E-state index >= 15 is 0 Å². The lowest BCUT2D eigenvalue weighted by atomic mass is 10.1. The van der Waals surface area contributed by atoms with Gasteiger partial charge in [0.2, 0.25) is 0 Å². The molecule has 0 aliphatic carbocycles. The lowest BCUT2D eigenvalue weighted by molar-refractivity contribution is -0.907. The summed E-state index contributed by atoms with van der Waals surface area (Å²) in [5.74, 6) is -0.414. The first-order valence-electron chi connectivity index (χ1n) is 7.85. The molecule has 2 rings (SSSR count). The van der Waals surface area contributed by atoms with Gasteiger partial charge in [-0.05, 0) is 50.2 Å². The van der Waals surface area contributed by atoms with E-state index in [1.165, 1.54) is 19.1 Å². The second kappa shape index (κ2) is 7.84. The Kier molecular flexibility index (Phi) is 5.82. The van der Waals surface area contributed by atoms with Crippen LogP contribution in [0.1, 0.15) is 29.8 Å². The molecule has 0 spiro atoms. The molecule has 0 saturated heterocycles. The first-order valence-corrected chi connectivity index (χ1v) is 7.85. The first-order chi connectivity index (χ1) is 11.4. The quantitative estimate of drug-likeness (QED) is 0.797. The zero-order valence-electron chi connectivity index (χ0n) is 14.1. The van der Waals surface area contributed by atoms with Crippen LogP contribution in [0, 0.1) is 5.82 Å². The number of ketones is 1. The highest BCUT2D eigenvalue weighted by atomic mass is 19.1. The van der Waals surface area contributed by atoms with Gasteiger partial charge in [0.1, 0.15) is 12.4 Å². The molecule has 1 amide bonds. The molecule has 2 N–H and O–H groups in total. The van der Waals surface area contributed by atoms with Crippen molar-refractivity contribution in [3.8, 4) is 0 Å². The van der Waals surface area contributed by atoms with Crippen LogP contribution in [-0.2, 0) is 11.3 Å². The lowest BCUT2D eigenvalue weighted by Crippen LogP contribution is -3.12. The van der Waals surface area contributed by atoms with Gasteiger partial charge < -0.3 is 10.2 Å². The average Bonchev–Trinajstić information content (AvgIpc) is 2.54. The molecule has 1 unspecified atom stereocenters. The van der Waals surface area contributed by atoms with Crippen molar-refractivity contribution in [3.05, 3.63) is 65.5 Å². The number of carbonyl (C=O) groups is 2. The van der Waals surface area contributed by atoms with Crippen molar-refractivity contribution in [3.63, 3.8) is 0 Å². The topological polar surface area (TPSA) is 50.6 Å². The van der Waals surface area contributed by atoms with Gasteiger partial charge in [0.15, 0.2) is 11.8 Å². The molecule has 24 heavy (non-hydrogen) atoms. The van der Waals surface area contributed by atoms with Crippen molar-refractivity contribution >= 4 is 17.4 Å². The van der Waals surface area contributed by atoms with Crippen LogP contribution in [0.25, 0.3) is 0 Å². The van der Waals surface area contributed by atoms with Gasteiger partial charge in [0, 0.05) is 16.8 Å². The predicted octanol–water partition coefficient (Wildman–Crippen LogP) is 2.07. The summed E-state index contributed by atoms with van der Waals surface area (Å²) in [7, 11) is 1.90. The van der Waals surface area contributed by atoms with E-state index in [2.05, 4.69) is 5.32 Å². The van der Waals surface area contributed by atoms with Crippen molar-refractivity contribution in [2.24, 2.45) is 0 Å². The van der Waals surface area contributed by atoms with Gasteiger partial charge in [-0.15, -0.1) is 0 Å². The smallest absolute Gasteiger partial charge is 0.282 e. The summed E-state index contributed by atoms with van der Waals surface area (Å²) in [6, 6.07) is 12.9. The standard InChI is InChI=1S/C19H21FN2O2/c1-13(22(3)12-15-5-4-6-17(20)11-15)19(24)21-18-9-7-16(8-10-18)14(2)23/h4-11,13H,12H2,1-3H3,(H,21,24)/p+1/t13-/m0/s1. The fourth-order valence-corrected chi connectivity index (χ4v) is 2.38. The number of anilines is 1. The molecule has 0 heterocycles. The third-order valence-corrected chi connectivity index (χ3v) is 4.06. The number of hydrogen-bond donors (Lipinski definition) is 2. The van der Waals surface area contributed by atoms with Crippen molar-refractivity contribution in [2.75, 3.05) is 12.4 Å². The largest absolute Gasteiger partial charge is 0.324 e. The van der Waals surface area contributed by atoms with E-state index in [0.29, 0.717) is 17.8 Å². The molecule has 2 aromatic carbocycles. The number of hydrogen-bond acceptors (Lipinski definition) is 2. The molecular weight excluding hydrogens is 307 g/mol. The molecule has 5 heteroatoms. The average molecular weight is 329 g/mol. The number of halogens is 1. The van der Waals surface area contributed by atoms with Crippen LogP contribution >= 0.6 is 0 Å². The Bertz CT molecular complexity index is 728. The normalized spacial score (nSPS) is 13.2. The van der Waals surface area contributed by atoms with E-state index in [0.717, 1.165) is 10.5 Å². The number of likely N-dealkylation sites (N-methyl/N-ethyl adjacent to an activating group) is 1. The van der Waals surface area contributed by atoms with Crippen LogP contribution in [0.4, 0.5) is 10.1 Å². The van der Waals surface area contributed by atoms with E-state index in [1.807, 2.05) is 20.0 Å². The summed E-state index contributed by atoms with van der Waals surface area (Å²) >= 11 is 0. The number of carbonyl (C=O) groups excluding carboxylic acids is 2. The minimum Gasteiger partial charge on any atom is -0.324 e. The van der Waals surface area contributed by atoms with E-state index in [1.54, 1.807) is 30.3 Å². The van der Waals surface area contributed by atoms with Crippen molar-refractivity contribution in [1.82, 2.24) is 0 Å². The Morgan fingerprint density at radius 3 is 2.42 bits per heavy atom. The van der Waals surface area contributed by atoms with Gasteiger partial charge in [-0.3, -0.25) is 9.59 Å². The second-order valence-electron chi connectivity index (χ2n) is 6.00. The van der Waals surface area contributed by atoms with Crippen LogP contribution in [0.5, 0.6) is 0 Å². The maximum Gasteiger partial charge on any atom is 0.282 e. The molecule has 0 aliphatic heterocycles. The van der Waals surface area contributed by atoms with Crippen LogP contribution in [0.15, 0.2) is 48.5 Å². The minimum absolute atomic E-state index is 0.0134. The number of amides is 1. The maximum absolute atomic E-state index is 13.2. The fraction of sp³-hybridized carbons (Fsp3) is 0.263. The summed E-state index contributed by atoms with van der Waals surface area (Å²) in [5, 5.41) is 2.84. The number of nitrogens with one attached hydrogen (secondary N) is 2. The van der Waals surface area contributed by atoms with Crippen LogP contribution in [0.2, 0.25) is 0 Å². The summed E-state index contributed by atoms with van der Waals surface area (Å²) in [5.41, 5.74) is 2.10. The second-order valence-corrected chi connectivity index (χ2v) is 6.00. The highest BCUT2D eigenvalue weighted by Crippen LogP contribution is 2.10. The third-order valence-electron chi connectivity index (χ3n) is 4.06. The SMILES string of the molecule is CC(=O)c1ccc(NC(=O)[C@H](C)[NH+](C)Cc2cccc(F)c2)cc1. The molecule has 0 aromatic heterocycles. The molecule has 0 aliphatic rings. The van der Waals surface area contributed by atoms with E-state index < -0.39 is 0 Å². The highest BCUT2D eigenvalue weighted by molar-refractivity contribution is 5.96. The first kappa shape index (κ1) is 17.8. The summed E-state index contributed by atoms with van der Waals surface area (Å²) in [4.78, 5) is 24.6. The van der Waals surface area contributed by atoms with E-state index in [-0.39, 0.29) is 23.5 Å². The molecule has 2 aromatic rings. The van der Waals surface area contributed by atoms with Crippen molar-refractivity contribution in [1.29, 1.82) is 0 Å². The van der Waals surface area contributed by atoms with E-state index in [4.69, 9.17) is 0 Å². The summed E-state index contributed by atoms with van der Waals surface area (Å²) in [6.45, 7) is 3.88. The number of Topliss-reactive ketones (excluding diaryl/α,β-unsaturated/α-hetero) is 1. The molecule has 0 radical (unpaired) electrons. The van der Waals surface area contributed by atoms with Crippen LogP contribution in [-0.4, -0.2) is 24.8 Å².